The average Bonchev–Trinajstić information content (AvgIpc) is 3.08. The molecule has 5 heterocycles. The van der Waals surface area contributed by atoms with Gasteiger partial charge >= 0.3 is 5.97 Å². The number of hydrogen-bond acceptors (Lipinski definition) is 4. The van der Waals surface area contributed by atoms with E-state index in [1.807, 2.05) is 25.1 Å². The van der Waals surface area contributed by atoms with Gasteiger partial charge in [-0.3, -0.25) is 9.79 Å². The fourth-order valence-corrected chi connectivity index (χ4v) is 7.06. The number of hydroxylamine groups is 3. The molecule has 5 aliphatic heterocycles. The molecule has 5 fully saturated rings. The molecule has 1 aliphatic carbocycles. The van der Waals surface area contributed by atoms with Gasteiger partial charge < -0.3 is 14.6 Å². The van der Waals surface area contributed by atoms with Crippen LogP contribution in [-0.4, -0.2) is 41.1 Å². The van der Waals surface area contributed by atoms with Gasteiger partial charge in [0.05, 0.1) is 28.8 Å². The first-order chi connectivity index (χ1) is 12.5. The molecule has 1 aromatic carbocycles. The van der Waals surface area contributed by atoms with E-state index in [1.165, 1.54) is 12.5 Å². The molecule has 0 radical (unpaired) electrons. The minimum absolute atomic E-state index is 0.0110. The molecule has 0 N–H and O–H groups in total. The Bertz CT molecular complexity index is 922. The van der Waals surface area contributed by atoms with Gasteiger partial charge in [0.15, 0.2) is 0 Å². The van der Waals surface area contributed by atoms with Crippen LogP contribution in [0.25, 0.3) is 0 Å². The summed E-state index contributed by atoms with van der Waals surface area (Å²) < 4.78 is 5.82. The van der Waals surface area contributed by atoms with Crippen LogP contribution in [0.3, 0.4) is 0 Å². The summed E-state index contributed by atoms with van der Waals surface area (Å²) >= 11 is 0. The smallest absolute Gasteiger partial charge is 0.302 e. The van der Waals surface area contributed by atoms with Crippen molar-refractivity contribution in [2.45, 2.75) is 50.3 Å². The quantitative estimate of drug-likeness (QED) is 0.338. The minimum atomic E-state index is -0.383. The largest absolute Gasteiger partial charge is 0.632 e. The van der Waals surface area contributed by atoms with Crippen molar-refractivity contribution in [3.05, 3.63) is 46.7 Å². The lowest BCUT2D eigenvalue weighted by molar-refractivity contribution is -0.934. The highest BCUT2D eigenvalue weighted by molar-refractivity contribution is 6.07. The summed E-state index contributed by atoms with van der Waals surface area (Å²) in [6.07, 6.45) is 3.45. The second-order valence-corrected chi connectivity index (χ2v) is 8.60. The highest BCUT2D eigenvalue weighted by Crippen LogP contribution is 2.68. The zero-order valence-electron chi connectivity index (χ0n) is 15.0. The molecular formula is C21H22N2O3. The van der Waals surface area contributed by atoms with Crippen molar-refractivity contribution in [2.24, 2.45) is 16.8 Å². The highest BCUT2D eigenvalue weighted by Gasteiger charge is 2.78. The van der Waals surface area contributed by atoms with Crippen LogP contribution in [0, 0.1) is 17.0 Å². The molecule has 26 heavy (non-hydrogen) atoms. The molecule has 0 aromatic heterocycles. The number of carbonyl (C=O) groups is 1. The lowest BCUT2D eigenvalue weighted by atomic mass is 9.66. The van der Waals surface area contributed by atoms with Gasteiger partial charge in [-0.05, 0) is 24.1 Å². The van der Waals surface area contributed by atoms with Gasteiger partial charge in [-0.2, -0.15) is 0 Å². The first kappa shape index (κ1) is 15.1. The van der Waals surface area contributed by atoms with Gasteiger partial charge in [0.25, 0.3) is 0 Å². The fourth-order valence-electron chi connectivity index (χ4n) is 7.06. The van der Waals surface area contributed by atoms with Gasteiger partial charge in [0, 0.05) is 25.7 Å². The molecule has 1 spiro atoms. The normalized spacial score (nSPS) is 47.7. The number of rotatable bonds is 1. The summed E-state index contributed by atoms with van der Waals surface area (Å²) in [5, 5.41) is 14.1. The maximum absolute atomic E-state index is 14.1. The van der Waals surface area contributed by atoms with Crippen molar-refractivity contribution in [2.75, 3.05) is 6.54 Å². The van der Waals surface area contributed by atoms with Crippen LogP contribution in [0.1, 0.15) is 32.3 Å². The first-order valence-corrected chi connectivity index (χ1v) is 9.60. The molecule has 0 amide bonds. The molecule has 134 valence electrons. The van der Waals surface area contributed by atoms with Gasteiger partial charge in [0.1, 0.15) is 18.7 Å². The van der Waals surface area contributed by atoms with Crippen molar-refractivity contribution in [3.8, 4) is 0 Å². The van der Waals surface area contributed by atoms with Crippen LogP contribution in [0.15, 0.2) is 40.9 Å². The Hall–Kier alpha value is -1.98. The standard InChI is InChI=1S/C21H22N2O3/c1-3-12-10-23(25)16-8-13(12)18-17(23)9-21(20(18)26-11(2)24)14-6-4-5-7-15(14)22-19(16)21/h3-7,13,16-18,20H,8-10H2,1-2H3/b12-3-/t13-,16-,17-,18-,20+,21+,23-/m0/s1. The predicted octanol–water partition coefficient (Wildman–Crippen LogP) is 3.01. The molecule has 5 heteroatoms. The Morgan fingerprint density at radius 1 is 1.42 bits per heavy atom. The number of quaternary nitrogens is 1. The Morgan fingerprint density at radius 2 is 2.23 bits per heavy atom. The number of nitrogens with zero attached hydrogens (tertiary/aromatic N) is 2. The Labute approximate surface area is 152 Å². The number of hydrogen-bond donors (Lipinski definition) is 0. The second kappa shape index (κ2) is 4.46. The van der Waals surface area contributed by atoms with E-state index in [9.17, 15) is 10.0 Å². The van der Waals surface area contributed by atoms with Gasteiger partial charge in [0.2, 0.25) is 0 Å². The van der Waals surface area contributed by atoms with Crippen LogP contribution >= 0.6 is 0 Å². The summed E-state index contributed by atoms with van der Waals surface area (Å²) in [6.45, 7) is 4.09. The zero-order chi connectivity index (χ0) is 17.8. The number of esters is 1. The molecule has 0 unspecified atom stereocenters. The van der Waals surface area contributed by atoms with Crippen LogP contribution < -0.4 is 0 Å². The van der Waals surface area contributed by atoms with Crippen LogP contribution in [0.4, 0.5) is 5.69 Å². The van der Waals surface area contributed by atoms with Gasteiger partial charge in [-0.25, -0.2) is 0 Å². The molecule has 7 rings (SSSR count). The number of para-hydroxylation sites is 1. The van der Waals surface area contributed by atoms with Crippen molar-refractivity contribution >= 4 is 17.4 Å². The van der Waals surface area contributed by atoms with Gasteiger partial charge in [-0.15, -0.1) is 0 Å². The zero-order valence-corrected chi connectivity index (χ0v) is 15.0. The van der Waals surface area contributed by atoms with Crippen LogP contribution in [0.5, 0.6) is 0 Å². The third-order valence-electron chi connectivity index (χ3n) is 7.81. The monoisotopic (exact) mass is 350 g/mol. The molecule has 6 aliphatic rings. The molecule has 5 nitrogen and oxygen atoms in total. The highest BCUT2D eigenvalue weighted by atomic mass is 16.6. The summed E-state index contributed by atoms with van der Waals surface area (Å²) in [6, 6.07) is 8.10. The Morgan fingerprint density at radius 3 is 3.00 bits per heavy atom. The van der Waals surface area contributed by atoms with E-state index in [0.717, 1.165) is 29.8 Å². The maximum Gasteiger partial charge on any atom is 0.302 e. The number of piperidine rings is 4. The van der Waals surface area contributed by atoms with Gasteiger partial charge in [-0.1, -0.05) is 24.3 Å². The second-order valence-electron chi connectivity index (χ2n) is 8.60. The Balaban J connectivity index is 1.64. The SMILES string of the molecule is C/C=C1/C[N@+]2([O-])[C@H]3C[C@@H]1[C@@H]1[C@@H](OC(C)=O)[C@@]4(C[C@@H]12)C3=Nc1ccccc14. The minimum Gasteiger partial charge on any atom is -0.632 e. The predicted molar refractivity (Wildman–Crippen MR) is 96.8 cm³/mol. The number of fused-ring (bicyclic) bond motifs is 2. The van der Waals surface area contributed by atoms with E-state index in [4.69, 9.17) is 9.73 Å². The molecule has 1 saturated carbocycles. The van der Waals surface area contributed by atoms with E-state index < -0.39 is 0 Å². The fraction of sp³-hybridized carbons (Fsp3) is 0.524. The maximum atomic E-state index is 14.1. The van der Waals surface area contributed by atoms with Crippen molar-refractivity contribution in [3.63, 3.8) is 0 Å². The number of benzene rings is 1. The van der Waals surface area contributed by atoms with E-state index in [-0.39, 0.29) is 40.1 Å². The topological polar surface area (TPSA) is 61.7 Å². The van der Waals surface area contributed by atoms with Crippen LogP contribution in [0.2, 0.25) is 0 Å². The molecule has 7 atom stereocenters. The summed E-state index contributed by atoms with van der Waals surface area (Å²) in [5.41, 5.74) is 3.99. The van der Waals surface area contributed by atoms with Crippen molar-refractivity contribution in [1.82, 2.24) is 0 Å². The van der Waals surface area contributed by atoms with E-state index >= 15 is 0 Å². The number of carbonyl (C=O) groups excluding carboxylic acids is 1. The Kier molecular flexibility index (Phi) is 2.59. The third-order valence-corrected chi connectivity index (χ3v) is 7.81. The lowest BCUT2D eigenvalue weighted by Gasteiger charge is -2.65. The number of ether oxygens (including phenoxy) is 1. The molecule has 5 bridgehead atoms. The number of allylic oxidation sites excluding steroid dienone is 1. The summed E-state index contributed by atoms with van der Waals surface area (Å²) in [5.74, 6) is 0.189. The summed E-state index contributed by atoms with van der Waals surface area (Å²) in [4.78, 5) is 17.0. The molecule has 4 saturated heterocycles. The third kappa shape index (κ3) is 1.41. The van der Waals surface area contributed by atoms with Crippen molar-refractivity contribution < 1.29 is 14.2 Å². The van der Waals surface area contributed by atoms with Crippen LogP contribution in [-0.2, 0) is 14.9 Å². The first-order valence-electron chi connectivity index (χ1n) is 9.60. The van der Waals surface area contributed by atoms with Crippen molar-refractivity contribution in [1.29, 1.82) is 0 Å². The van der Waals surface area contributed by atoms with E-state index in [1.54, 1.807) is 0 Å². The van der Waals surface area contributed by atoms with E-state index in [2.05, 4.69) is 12.1 Å². The van der Waals surface area contributed by atoms with E-state index in [0.29, 0.717) is 12.5 Å². The molecular weight excluding hydrogens is 328 g/mol. The lowest BCUT2D eigenvalue weighted by Crippen LogP contribution is -2.73. The number of aliphatic imine (C=N–C) groups is 1. The average molecular weight is 350 g/mol. The summed E-state index contributed by atoms with van der Waals surface area (Å²) in [7, 11) is 0. The molecule has 1 aromatic rings.